The molecule has 0 unspecified atom stereocenters. The fraction of sp³-hybridized carbons (Fsp3) is 0.333. The molecule has 0 aromatic heterocycles. The quantitative estimate of drug-likeness (QED) is 0.705. The van der Waals surface area contributed by atoms with Gasteiger partial charge in [0.15, 0.2) is 0 Å². The van der Waals surface area contributed by atoms with Gasteiger partial charge in [0, 0.05) is 27.2 Å². The summed E-state index contributed by atoms with van der Waals surface area (Å²) in [6, 6.07) is 12.4. The highest BCUT2D eigenvalue weighted by Gasteiger charge is 2.26. The minimum Gasteiger partial charge on any atom is -0.478 e. The third-order valence-electron chi connectivity index (χ3n) is 5.05. The zero-order valence-corrected chi connectivity index (χ0v) is 18.9. The number of aryl methyl sites for hydroxylation is 1. The minimum atomic E-state index is -1.33. The van der Waals surface area contributed by atoms with Crippen LogP contribution in [-0.4, -0.2) is 71.1 Å². The van der Waals surface area contributed by atoms with E-state index in [1.165, 1.54) is 33.2 Å². The largest absolute Gasteiger partial charge is 0.478 e. The molecule has 1 aliphatic rings. The van der Waals surface area contributed by atoms with Crippen molar-refractivity contribution in [1.29, 1.82) is 0 Å². The Bertz CT molecular complexity index is 1010. The van der Waals surface area contributed by atoms with Crippen LogP contribution in [0, 0.1) is 6.92 Å². The van der Waals surface area contributed by atoms with Crippen molar-refractivity contribution in [2.45, 2.75) is 26.4 Å². The monoisotopic (exact) mass is 456 g/mol. The van der Waals surface area contributed by atoms with Crippen LogP contribution in [-0.2, 0) is 11.3 Å². The van der Waals surface area contributed by atoms with E-state index in [9.17, 15) is 19.2 Å². The average Bonchev–Trinajstić information content (AvgIpc) is 3.32. The van der Waals surface area contributed by atoms with Crippen LogP contribution >= 0.6 is 0 Å². The predicted octanol–water partition coefficient (Wildman–Crippen LogP) is 3.51. The number of nitrogens with zero attached hydrogens (tertiary/aromatic N) is 2. The first-order valence-electron chi connectivity index (χ1n) is 10.4. The van der Waals surface area contributed by atoms with Gasteiger partial charge in [0.1, 0.15) is 6.61 Å². The van der Waals surface area contributed by atoms with E-state index in [-0.39, 0.29) is 22.8 Å². The van der Waals surface area contributed by atoms with Crippen molar-refractivity contribution in [2.75, 3.05) is 27.2 Å². The van der Waals surface area contributed by atoms with Crippen LogP contribution in [0.3, 0.4) is 0 Å². The van der Waals surface area contributed by atoms with Crippen LogP contribution in [0.2, 0.25) is 0 Å². The summed E-state index contributed by atoms with van der Waals surface area (Å²) < 4.78 is 5.20. The van der Waals surface area contributed by atoms with E-state index in [2.05, 4.69) is 0 Å². The van der Waals surface area contributed by atoms with Crippen LogP contribution in [0.25, 0.3) is 0 Å². The van der Waals surface area contributed by atoms with Crippen LogP contribution in [0.15, 0.2) is 42.5 Å². The number of hydrogen-bond donors (Lipinski definition) is 2. The third kappa shape index (κ3) is 6.80. The topological polar surface area (TPSA) is 124 Å². The van der Waals surface area contributed by atoms with Crippen molar-refractivity contribution in [2.24, 2.45) is 0 Å². The van der Waals surface area contributed by atoms with E-state index >= 15 is 0 Å². The first-order valence-corrected chi connectivity index (χ1v) is 10.4. The second-order valence-electron chi connectivity index (χ2n) is 7.72. The number of likely N-dealkylation sites (tertiary alicyclic amines) is 1. The molecule has 2 aromatic rings. The van der Waals surface area contributed by atoms with Gasteiger partial charge in [-0.3, -0.25) is 4.79 Å². The van der Waals surface area contributed by atoms with Crippen molar-refractivity contribution < 1.29 is 34.1 Å². The molecule has 0 saturated carbocycles. The molecule has 2 aromatic carbocycles. The standard InChI is InChI=1S/C12H13NO5.C12H15NO2/c1-6-4-5-7(11(15)16)9(8(6)12(17)18)10(14)13(2)3;14-12(13-8-4-5-9-13)15-10-11-6-2-1-3-7-11/h4-5H,1-3H3,(H,15,16)(H,17,18);1-3,6-7H,4-5,8-10H2. The number of benzene rings is 2. The summed E-state index contributed by atoms with van der Waals surface area (Å²) in [6.45, 7) is 3.57. The maximum Gasteiger partial charge on any atom is 0.410 e. The van der Waals surface area contributed by atoms with Crippen molar-refractivity contribution in [3.05, 3.63) is 70.3 Å². The molecule has 0 atom stereocenters. The van der Waals surface area contributed by atoms with Gasteiger partial charge in [-0.05, 0) is 37.0 Å². The highest BCUT2D eigenvalue weighted by Crippen LogP contribution is 2.21. The SMILES string of the molecule is Cc1ccc(C(=O)O)c(C(=O)N(C)C)c1C(=O)O.O=C(OCc1ccccc1)N1CCCC1. The van der Waals surface area contributed by atoms with Gasteiger partial charge < -0.3 is 24.7 Å². The van der Waals surface area contributed by atoms with Crippen LogP contribution in [0.5, 0.6) is 0 Å². The molecule has 9 nitrogen and oxygen atoms in total. The highest BCUT2D eigenvalue weighted by molar-refractivity contribution is 6.12. The fourth-order valence-corrected chi connectivity index (χ4v) is 3.32. The molecule has 33 heavy (non-hydrogen) atoms. The molecule has 1 saturated heterocycles. The number of carbonyl (C=O) groups is 4. The lowest BCUT2D eigenvalue weighted by Gasteiger charge is -2.16. The Morgan fingerprint density at radius 3 is 2.03 bits per heavy atom. The molecule has 1 heterocycles. The Kier molecular flexibility index (Phi) is 8.97. The van der Waals surface area contributed by atoms with Gasteiger partial charge in [-0.15, -0.1) is 0 Å². The van der Waals surface area contributed by atoms with Gasteiger partial charge in [-0.25, -0.2) is 14.4 Å². The number of ether oxygens (including phenoxy) is 1. The van der Waals surface area contributed by atoms with Gasteiger partial charge in [-0.2, -0.15) is 0 Å². The zero-order valence-electron chi connectivity index (χ0n) is 18.9. The molecular weight excluding hydrogens is 428 g/mol. The van der Waals surface area contributed by atoms with Crippen LogP contribution in [0.1, 0.15) is 55.0 Å². The molecule has 0 radical (unpaired) electrons. The maximum absolute atomic E-state index is 11.9. The molecule has 9 heteroatoms. The van der Waals surface area contributed by atoms with Gasteiger partial charge in [-0.1, -0.05) is 36.4 Å². The van der Waals surface area contributed by atoms with Crippen LogP contribution in [0.4, 0.5) is 4.79 Å². The van der Waals surface area contributed by atoms with Crippen molar-refractivity contribution in [1.82, 2.24) is 9.80 Å². The molecule has 0 bridgehead atoms. The van der Waals surface area contributed by atoms with Gasteiger partial charge in [0.2, 0.25) is 0 Å². The third-order valence-corrected chi connectivity index (χ3v) is 5.05. The molecule has 3 rings (SSSR count). The summed E-state index contributed by atoms with van der Waals surface area (Å²) >= 11 is 0. The smallest absolute Gasteiger partial charge is 0.410 e. The van der Waals surface area contributed by atoms with Gasteiger partial charge in [0.05, 0.1) is 16.7 Å². The first kappa shape index (κ1) is 25.4. The fourth-order valence-electron chi connectivity index (χ4n) is 3.32. The van der Waals surface area contributed by atoms with E-state index in [4.69, 9.17) is 14.9 Å². The molecule has 2 N–H and O–H groups in total. The summed E-state index contributed by atoms with van der Waals surface area (Å²) in [5, 5.41) is 18.1. The van der Waals surface area contributed by atoms with E-state index in [0.29, 0.717) is 12.2 Å². The first-order chi connectivity index (χ1) is 15.6. The van der Waals surface area contributed by atoms with Crippen molar-refractivity contribution in [3.8, 4) is 0 Å². The van der Waals surface area contributed by atoms with Gasteiger partial charge >= 0.3 is 18.0 Å². The molecule has 0 aliphatic carbocycles. The minimum absolute atomic E-state index is 0.184. The van der Waals surface area contributed by atoms with Crippen molar-refractivity contribution in [3.63, 3.8) is 0 Å². The number of hydrogen-bond acceptors (Lipinski definition) is 5. The Balaban J connectivity index is 0.000000237. The second-order valence-corrected chi connectivity index (χ2v) is 7.72. The number of aromatic carboxylic acids is 2. The predicted molar refractivity (Wildman–Crippen MR) is 121 cm³/mol. The number of carboxylic acids is 2. The molecule has 1 aliphatic heterocycles. The molecular formula is C24H28N2O7. The number of rotatable bonds is 5. The number of amides is 2. The van der Waals surface area contributed by atoms with E-state index in [0.717, 1.165) is 36.4 Å². The highest BCUT2D eigenvalue weighted by atomic mass is 16.6. The van der Waals surface area contributed by atoms with Gasteiger partial charge in [0.25, 0.3) is 5.91 Å². The lowest BCUT2D eigenvalue weighted by atomic mass is 9.95. The normalized spacial score (nSPS) is 12.4. The van der Waals surface area contributed by atoms with E-state index in [1.807, 2.05) is 30.3 Å². The number of carboxylic acid groups (broad SMARTS) is 2. The Labute approximate surface area is 192 Å². The second kappa shape index (κ2) is 11.7. The molecule has 1 fully saturated rings. The lowest BCUT2D eigenvalue weighted by Crippen LogP contribution is -2.28. The summed E-state index contributed by atoms with van der Waals surface area (Å²) in [5.74, 6) is -3.29. The maximum atomic E-state index is 11.9. The summed E-state index contributed by atoms with van der Waals surface area (Å²) in [6.07, 6.45) is 2.01. The molecule has 2 amide bonds. The van der Waals surface area contributed by atoms with Crippen molar-refractivity contribution >= 4 is 23.9 Å². The molecule has 176 valence electrons. The zero-order chi connectivity index (χ0) is 24.5. The lowest BCUT2D eigenvalue weighted by molar-refractivity contribution is 0.0675. The Morgan fingerprint density at radius 1 is 0.909 bits per heavy atom. The number of carbonyl (C=O) groups excluding carboxylic acids is 2. The van der Waals surface area contributed by atoms with E-state index in [1.54, 1.807) is 4.90 Å². The Morgan fingerprint density at radius 2 is 1.52 bits per heavy atom. The summed E-state index contributed by atoms with van der Waals surface area (Å²) in [5.41, 5.74) is 0.507. The summed E-state index contributed by atoms with van der Waals surface area (Å²) in [7, 11) is 2.86. The molecule has 0 spiro atoms. The summed E-state index contributed by atoms with van der Waals surface area (Å²) in [4.78, 5) is 48.6. The van der Waals surface area contributed by atoms with Crippen LogP contribution < -0.4 is 0 Å². The van der Waals surface area contributed by atoms with E-state index < -0.39 is 17.8 Å². The average molecular weight is 456 g/mol. The Hall–Kier alpha value is -3.88.